The van der Waals surface area contributed by atoms with Crippen LogP contribution in [0.5, 0.6) is 0 Å². The molecule has 0 spiro atoms. The summed E-state index contributed by atoms with van der Waals surface area (Å²) < 4.78 is 0. The lowest BCUT2D eigenvalue weighted by molar-refractivity contribution is 0.578. The summed E-state index contributed by atoms with van der Waals surface area (Å²) in [6.07, 6.45) is 6.73. The van der Waals surface area contributed by atoms with Gasteiger partial charge in [-0.25, -0.2) is 0 Å². The number of nitriles is 1. The van der Waals surface area contributed by atoms with Crippen LogP contribution in [0.3, 0.4) is 0 Å². The van der Waals surface area contributed by atoms with E-state index in [0.29, 0.717) is 0 Å². The van der Waals surface area contributed by atoms with Crippen molar-refractivity contribution in [3.8, 4) is 6.07 Å². The summed E-state index contributed by atoms with van der Waals surface area (Å²) >= 11 is 0. The maximum atomic E-state index is 9.06. The molecule has 2 nitrogen and oxygen atoms in total. The number of hydrogen-bond acceptors (Lipinski definition) is 2. The van der Waals surface area contributed by atoms with Crippen molar-refractivity contribution in [2.45, 2.75) is 32.6 Å². The summed E-state index contributed by atoms with van der Waals surface area (Å²) in [5.41, 5.74) is 3.27. The maximum absolute atomic E-state index is 9.06. The van der Waals surface area contributed by atoms with Crippen molar-refractivity contribution in [1.29, 1.82) is 5.26 Å². The summed E-state index contributed by atoms with van der Waals surface area (Å²) in [4.78, 5) is 2.49. The number of nitrogens with zero attached hydrogens (tertiary/aromatic N) is 2. The molecule has 0 unspecified atom stereocenters. The van der Waals surface area contributed by atoms with E-state index >= 15 is 0 Å². The SMILES string of the molecule is CC/C(C#N)=C/c1ccc2cc(N3CCCCC3)ccc2c1. The molecule has 22 heavy (non-hydrogen) atoms. The van der Waals surface area contributed by atoms with Gasteiger partial charge in [0.1, 0.15) is 0 Å². The van der Waals surface area contributed by atoms with E-state index in [0.717, 1.165) is 17.6 Å². The second-order valence-corrected chi connectivity index (χ2v) is 5.97. The summed E-state index contributed by atoms with van der Waals surface area (Å²) in [7, 11) is 0. The number of benzene rings is 2. The second kappa shape index (κ2) is 6.66. The molecule has 1 heterocycles. The molecule has 1 fully saturated rings. The standard InChI is InChI=1S/C20H22N2/c1-2-16(15-21)12-17-6-7-19-14-20(9-8-18(19)13-17)22-10-4-3-5-11-22/h6-9,12-14H,2-5,10-11H2,1H3/b16-12-. The molecule has 2 aromatic carbocycles. The molecule has 0 amide bonds. The zero-order valence-corrected chi connectivity index (χ0v) is 13.2. The van der Waals surface area contributed by atoms with E-state index in [1.165, 1.54) is 48.8 Å². The number of fused-ring (bicyclic) bond motifs is 1. The van der Waals surface area contributed by atoms with Crippen LogP contribution in [0.15, 0.2) is 42.0 Å². The zero-order chi connectivity index (χ0) is 15.4. The molecule has 0 N–H and O–H groups in total. The van der Waals surface area contributed by atoms with Crippen molar-refractivity contribution in [1.82, 2.24) is 0 Å². The van der Waals surface area contributed by atoms with E-state index in [1.807, 2.05) is 13.0 Å². The van der Waals surface area contributed by atoms with Crippen LogP contribution in [0.4, 0.5) is 5.69 Å². The third-order valence-electron chi connectivity index (χ3n) is 4.43. The van der Waals surface area contributed by atoms with Gasteiger partial charge in [0.2, 0.25) is 0 Å². The van der Waals surface area contributed by atoms with E-state index in [9.17, 15) is 0 Å². The predicted octanol–water partition coefficient (Wildman–Crippen LogP) is 5.15. The number of anilines is 1. The molecule has 1 aliphatic heterocycles. The van der Waals surface area contributed by atoms with Crippen molar-refractivity contribution in [2.24, 2.45) is 0 Å². The Kier molecular flexibility index (Phi) is 4.44. The highest BCUT2D eigenvalue weighted by Crippen LogP contribution is 2.26. The first-order chi connectivity index (χ1) is 10.8. The molecule has 1 saturated heterocycles. The Balaban J connectivity index is 1.91. The Bertz CT molecular complexity index is 731. The Morgan fingerprint density at radius 2 is 1.82 bits per heavy atom. The van der Waals surface area contributed by atoms with Gasteiger partial charge in [-0.3, -0.25) is 0 Å². The zero-order valence-electron chi connectivity index (χ0n) is 13.2. The minimum Gasteiger partial charge on any atom is -0.372 e. The molecule has 0 aliphatic carbocycles. The van der Waals surface area contributed by atoms with Gasteiger partial charge in [0.25, 0.3) is 0 Å². The minimum absolute atomic E-state index is 0.780. The second-order valence-electron chi connectivity index (χ2n) is 5.97. The van der Waals surface area contributed by atoms with Crippen LogP contribution < -0.4 is 4.90 Å². The fraction of sp³-hybridized carbons (Fsp3) is 0.350. The van der Waals surface area contributed by atoms with E-state index in [1.54, 1.807) is 0 Å². The van der Waals surface area contributed by atoms with Crippen molar-refractivity contribution < 1.29 is 0 Å². The Morgan fingerprint density at radius 3 is 2.55 bits per heavy atom. The topological polar surface area (TPSA) is 27.0 Å². The molecule has 0 saturated carbocycles. The first kappa shape index (κ1) is 14.7. The van der Waals surface area contributed by atoms with Gasteiger partial charge in [0, 0.05) is 24.4 Å². The highest BCUT2D eigenvalue weighted by Gasteiger charge is 2.11. The molecular formula is C20H22N2. The van der Waals surface area contributed by atoms with E-state index in [-0.39, 0.29) is 0 Å². The highest BCUT2D eigenvalue weighted by atomic mass is 15.1. The first-order valence-electron chi connectivity index (χ1n) is 8.19. The Morgan fingerprint density at radius 1 is 1.09 bits per heavy atom. The van der Waals surface area contributed by atoms with Gasteiger partial charge in [-0.05, 0) is 66.3 Å². The molecular weight excluding hydrogens is 268 g/mol. The average Bonchev–Trinajstić information content (AvgIpc) is 2.60. The van der Waals surface area contributed by atoms with E-state index in [2.05, 4.69) is 47.4 Å². The third-order valence-corrected chi connectivity index (χ3v) is 4.43. The lowest BCUT2D eigenvalue weighted by Crippen LogP contribution is -2.29. The van der Waals surface area contributed by atoms with Gasteiger partial charge in [-0.2, -0.15) is 5.26 Å². The fourth-order valence-corrected chi connectivity index (χ4v) is 3.10. The molecule has 0 radical (unpaired) electrons. The Labute approximate surface area is 132 Å². The number of piperidine rings is 1. The normalized spacial score (nSPS) is 15.8. The number of rotatable bonds is 3. The maximum Gasteiger partial charge on any atom is 0.0947 e. The molecule has 0 atom stereocenters. The van der Waals surface area contributed by atoms with Gasteiger partial charge in [0.05, 0.1) is 6.07 Å². The van der Waals surface area contributed by atoms with Gasteiger partial charge in [-0.1, -0.05) is 25.1 Å². The molecule has 2 aromatic rings. The van der Waals surface area contributed by atoms with Crippen molar-refractivity contribution in [3.63, 3.8) is 0 Å². The smallest absolute Gasteiger partial charge is 0.0947 e. The van der Waals surface area contributed by atoms with Crippen molar-refractivity contribution in [2.75, 3.05) is 18.0 Å². The average molecular weight is 290 g/mol. The third kappa shape index (κ3) is 3.14. The van der Waals surface area contributed by atoms with Crippen LogP contribution in [0.1, 0.15) is 38.2 Å². The van der Waals surface area contributed by atoms with Gasteiger partial charge >= 0.3 is 0 Å². The lowest BCUT2D eigenvalue weighted by Gasteiger charge is -2.29. The highest BCUT2D eigenvalue weighted by molar-refractivity contribution is 5.88. The summed E-state index contributed by atoms with van der Waals surface area (Å²) in [5.74, 6) is 0. The quantitative estimate of drug-likeness (QED) is 0.731. The van der Waals surface area contributed by atoms with Crippen LogP contribution in [0.2, 0.25) is 0 Å². The number of allylic oxidation sites excluding steroid dienone is 1. The monoisotopic (exact) mass is 290 g/mol. The van der Waals surface area contributed by atoms with Crippen LogP contribution in [0, 0.1) is 11.3 Å². The molecule has 0 aromatic heterocycles. The largest absolute Gasteiger partial charge is 0.372 e. The summed E-state index contributed by atoms with van der Waals surface area (Å²) in [6, 6.07) is 15.4. The van der Waals surface area contributed by atoms with Crippen LogP contribution in [-0.2, 0) is 0 Å². The van der Waals surface area contributed by atoms with Crippen molar-refractivity contribution in [3.05, 3.63) is 47.5 Å². The summed E-state index contributed by atoms with van der Waals surface area (Å²) in [6.45, 7) is 4.36. The minimum atomic E-state index is 0.780. The van der Waals surface area contributed by atoms with Crippen LogP contribution >= 0.6 is 0 Å². The van der Waals surface area contributed by atoms with Crippen LogP contribution in [-0.4, -0.2) is 13.1 Å². The summed E-state index contributed by atoms with van der Waals surface area (Å²) in [5, 5.41) is 11.6. The van der Waals surface area contributed by atoms with Gasteiger partial charge in [0.15, 0.2) is 0 Å². The lowest BCUT2D eigenvalue weighted by atomic mass is 10.0. The van der Waals surface area contributed by atoms with E-state index < -0.39 is 0 Å². The molecule has 0 bridgehead atoms. The molecule has 3 rings (SSSR count). The predicted molar refractivity (Wildman–Crippen MR) is 93.9 cm³/mol. The molecule has 1 aliphatic rings. The van der Waals surface area contributed by atoms with Gasteiger partial charge < -0.3 is 4.90 Å². The number of hydrogen-bond donors (Lipinski definition) is 0. The first-order valence-corrected chi connectivity index (χ1v) is 8.19. The molecule has 112 valence electrons. The molecule has 2 heteroatoms. The van der Waals surface area contributed by atoms with Gasteiger partial charge in [-0.15, -0.1) is 0 Å². The van der Waals surface area contributed by atoms with Crippen molar-refractivity contribution >= 4 is 22.5 Å². The van der Waals surface area contributed by atoms with Crippen LogP contribution in [0.25, 0.3) is 16.8 Å². The fourth-order valence-electron chi connectivity index (χ4n) is 3.10. The Hall–Kier alpha value is -2.27. The van der Waals surface area contributed by atoms with E-state index in [4.69, 9.17) is 5.26 Å².